The molecule has 0 aromatic rings. The van der Waals surface area contributed by atoms with Crippen LogP contribution in [0.15, 0.2) is 11.8 Å². The highest BCUT2D eigenvalue weighted by Crippen LogP contribution is 2.36. The SMILES string of the molecule is CCS(=O)(=O)N[C@H](CCC(Cl)(Cl)Cl)C(=O)N1C(=O)C=C(OC)[C@H]1CCC(Cl)(Cl)Cl. The fourth-order valence-corrected chi connectivity index (χ4v) is 4.08. The van der Waals surface area contributed by atoms with Gasteiger partial charge in [0.15, 0.2) is 7.59 Å². The summed E-state index contributed by atoms with van der Waals surface area (Å²) in [6.07, 6.45) is 0.940. The minimum Gasteiger partial charge on any atom is -0.499 e. The third-order valence-electron chi connectivity index (χ3n) is 4.03. The molecule has 0 radical (unpaired) electrons. The molecular weight excluding hydrogens is 533 g/mol. The fourth-order valence-electron chi connectivity index (χ4n) is 2.61. The largest absolute Gasteiger partial charge is 0.499 e. The standard InChI is InChI=1S/C15H20Cl6N2O5S/c1-3-29(26,27)22-9(4-6-14(16,17)18)13(25)23-10(5-7-15(19,20)21)11(28-2)8-12(23)24/h8-10,22H,3-7H2,1-2H3/t9-,10-/m1/s1. The molecule has 2 amide bonds. The van der Waals surface area contributed by atoms with Crippen molar-refractivity contribution in [3.8, 4) is 0 Å². The summed E-state index contributed by atoms with van der Waals surface area (Å²) in [6, 6.07) is -2.20. The van der Waals surface area contributed by atoms with E-state index in [1.54, 1.807) is 0 Å². The molecule has 0 saturated carbocycles. The van der Waals surface area contributed by atoms with Gasteiger partial charge in [-0.2, -0.15) is 0 Å². The minimum absolute atomic E-state index is 0.0135. The molecule has 0 bridgehead atoms. The van der Waals surface area contributed by atoms with Crippen molar-refractivity contribution in [1.82, 2.24) is 9.62 Å². The molecule has 0 saturated heterocycles. The van der Waals surface area contributed by atoms with Crippen LogP contribution in [0.25, 0.3) is 0 Å². The van der Waals surface area contributed by atoms with Crippen LogP contribution in [0.3, 0.4) is 0 Å². The number of alkyl halides is 6. The Morgan fingerprint density at radius 3 is 2.21 bits per heavy atom. The van der Waals surface area contributed by atoms with Crippen LogP contribution in [0, 0.1) is 0 Å². The maximum absolute atomic E-state index is 13.1. The fraction of sp³-hybridized carbons (Fsp3) is 0.733. The summed E-state index contributed by atoms with van der Waals surface area (Å²) in [7, 11) is -2.47. The van der Waals surface area contributed by atoms with Gasteiger partial charge in [0.05, 0.1) is 18.9 Å². The van der Waals surface area contributed by atoms with Crippen molar-refractivity contribution >= 4 is 91.4 Å². The van der Waals surface area contributed by atoms with E-state index in [9.17, 15) is 18.0 Å². The molecule has 0 fully saturated rings. The number of imide groups is 1. The van der Waals surface area contributed by atoms with Gasteiger partial charge in [-0.15, -0.1) is 0 Å². The van der Waals surface area contributed by atoms with E-state index in [0.717, 1.165) is 11.0 Å². The molecule has 0 aliphatic carbocycles. The van der Waals surface area contributed by atoms with E-state index in [1.807, 2.05) is 0 Å². The molecule has 2 atom stereocenters. The molecule has 1 N–H and O–H groups in total. The first-order chi connectivity index (χ1) is 13.1. The number of carbonyl (C=O) groups excluding carboxylic acids is 2. The number of rotatable bonds is 9. The van der Waals surface area contributed by atoms with Crippen LogP contribution in [-0.4, -0.2) is 57.7 Å². The zero-order valence-corrected chi connectivity index (χ0v) is 20.8. The molecule has 0 unspecified atom stereocenters. The summed E-state index contributed by atoms with van der Waals surface area (Å²) in [5, 5.41) is 0. The second kappa shape index (κ2) is 10.8. The maximum atomic E-state index is 13.1. The zero-order chi connectivity index (χ0) is 22.6. The predicted octanol–water partition coefficient (Wildman–Crippen LogP) is 3.86. The van der Waals surface area contributed by atoms with Crippen LogP contribution in [0.5, 0.6) is 0 Å². The number of hydrogen-bond acceptors (Lipinski definition) is 5. The highest BCUT2D eigenvalue weighted by molar-refractivity contribution is 7.89. The number of methoxy groups -OCH3 is 1. The first-order valence-corrected chi connectivity index (χ1v) is 12.3. The highest BCUT2D eigenvalue weighted by atomic mass is 35.6. The Morgan fingerprint density at radius 1 is 1.21 bits per heavy atom. The van der Waals surface area contributed by atoms with Crippen molar-refractivity contribution in [2.75, 3.05) is 12.9 Å². The lowest BCUT2D eigenvalue weighted by Gasteiger charge is -2.30. The van der Waals surface area contributed by atoms with Crippen LogP contribution in [0.1, 0.15) is 32.6 Å². The number of halogens is 6. The van der Waals surface area contributed by atoms with Gasteiger partial charge in [0.25, 0.3) is 5.91 Å². The number of hydrogen-bond donors (Lipinski definition) is 1. The van der Waals surface area contributed by atoms with Gasteiger partial charge in [0, 0.05) is 6.08 Å². The van der Waals surface area contributed by atoms with Crippen LogP contribution in [-0.2, 0) is 24.3 Å². The lowest BCUT2D eigenvalue weighted by atomic mass is 10.1. The number of nitrogens with one attached hydrogen (secondary N) is 1. The lowest BCUT2D eigenvalue weighted by molar-refractivity contribution is -0.144. The van der Waals surface area contributed by atoms with Gasteiger partial charge >= 0.3 is 0 Å². The molecule has 168 valence electrons. The molecule has 1 rings (SSSR count). The van der Waals surface area contributed by atoms with Gasteiger partial charge in [-0.25, -0.2) is 13.1 Å². The van der Waals surface area contributed by atoms with Crippen LogP contribution in [0.4, 0.5) is 0 Å². The van der Waals surface area contributed by atoms with Gasteiger partial charge < -0.3 is 4.74 Å². The van der Waals surface area contributed by atoms with Gasteiger partial charge in [-0.3, -0.25) is 14.5 Å². The number of ether oxygens (including phenoxy) is 1. The molecule has 7 nitrogen and oxygen atoms in total. The minimum atomic E-state index is -3.80. The van der Waals surface area contributed by atoms with Crippen molar-refractivity contribution in [2.45, 2.75) is 52.3 Å². The van der Waals surface area contributed by atoms with E-state index in [4.69, 9.17) is 74.3 Å². The summed E-state index contributed by atoms with van der Waals surface area (Å²) in [5.41, 5.74) is 0. The first-order valence-electron chi connectivity index (χ1n) is 8.36. The average molecular weight is 553 g/mol. The topological polar surface area (TPSA) is 92.8 Å². The van der Waals surface area contributed by atoms with Crippen molar-refractivity contribution in [3.05, 3.63) is 11.8 Å². The number of sulfonamides is 1. The Hall–Kier alpha value is 0.330. The van der Waals surface area contributed by atoms with Gasteiger partial charge in [-0.1, -0.05) is 69.6 Å². The van der Waals surface area contributed by atoms with E-state index in [0.29, 0.717) is 0 Å². The monoisotopic (exact) mass is 550 g/mol. The Balaban J connectivity index is 3.16. The normalized spacial score (nSPS) is 19.3. The summed E-state index contributed by atoms with van der Waals surface area (Å²) < 4.78 is 28.2. The van der Waals surface area contributed by atoms with Crippen molar-refractivity contribution in [1.29, 1.82) is 0 Å². The average Bonchev–Trinajstić information content (AvgIpc) is 2.90. The summed E-state index contributed by atoms with van der Waals surface area (Å²) in [5.74, 6) is -1.60. The molecule has 1 aliphatic heterocycles. The molecule has 0 aromatic carbocycles. The number of amides is 2. The van der Waals surface area contributed by atoms with E-state index in [1.165, 1.54) is 14.0 Å². The zero-order valence-electron chi connectivity index (χ0n) is 15.4. The van der Waals surface area contributed by atoms with Crippen molar-refractivity contribution in [2.24, 2.45) is 0 Å². The van der Waals surface area contributed by atoms with Crippen LogP contribution < -0.4 is 4.72 Å². The second-order valence-electron chi connectivity index (χ2n) is 6.19. The van der Waals surface area contributed by atoms with E-state index < -0.39 is 41.5 Å². The third kappa shape index (κ3) is 9.15. The van der Waals surface area contributed by atoms with E-state index in [-0.39, 0.29) is 37.2 Å². The van der Waals surface area contributed by atoms with E-state index >= 15 is 0 Å². The van der Waals surface area contributed by atoms with Crippen LogP contribution in [0.2, 0.25) is 0 Å². The molecule has 14 heteroatoms. The summed E-state index contributed by atoms with van der Waals surface area (Å²) in [6.45, 7) is 1.40. The Morgan fingerprint density at radius 2 is 1.76 bits per heavy atom. The Bertz CT molecular complexity index is 747. The Labute approximate surface area is 199 Å². The van der Waals surface area contributed by atoms with Gasteiger partial charge in [-0.05, 0) is 32.6 Å². The second-order valence-corrected chi connectivity index (χ2v) is 13.3. The summed E-state index contributed by atoms with van der Waals surface area (Å²) >= 11 is 34.6. The molecular formula is C15H20Cl6N2O5S. The Kier molecular flexibility index (Phi) is 10.2. The molecule has 0 spiro atoms. The lowest BCUT2D eigenvalue weighted by Crippen LogP contribution is -2.52. The smallest absolute Gasteiger partial charge is 0.257 e. The maximum Gasteiger partial charge on any atom is 0.257 e. The highest BCUT2D eigenvalue weighted by Gasteiger charge is 2.43. The first kappa shape index (κ1) is 27.4. The number of carbonyl (C=O) groups is 2. The van der Waals surface area contributed by atoms with Gasteiger partial charge in [0.2, 0.25) is 15.9 Å². The molecule has 1 aliphatic rings. The molecule has 29 heavy (non-hydrogen) atoms. The number of nitrogens with zero attached hydrogens (tertiary/aromatic N) is 1. The van der Waals surface area contributed by atoms with Crippen molar-refractivity contribution < 1.29 is 22.7 Å². The predicted molar refractivity (Wildman–Crippen MR) is 116 cm³/mol. The quantitative estimate of drug-likeness (QED) is 0.438. The van der Waals surface area contributed by atoms with Gasteiger partial charge in [0.1, 0.15) is 11.8 Å². The van der Waals surface area contributed by atoms with Crippen molar-refractivity contribution in [3.63, 3.8) is 0 Å². The summed E-state index contributed by atoms with van der Waals surface area (Å²) in [4.78, 5) is 26.5. The van der Waals surface area contributed by atoms with E-state index in [2.05, 4.69) is 4.72 Å². The molecule has 1 heterocycles. The third-order valence-corrected chi connectivity index (χ3v) is 6.57. The molecule has 0 aromatic heterocycles. The van der Waals surface area contributed by atoms with Crippen LogP contribution >= 0.6 is 69.6 Å².